The van der Waals surface area contributed by atoms with Crippen molar-refractivity contribution < 1.29 is 26.3 Å². The van der Waals surface area contributed by atoms with Crippen LogP contribution < -0.4 is 9.47 Å². The monoisotopic (exact) mass is 431 g/mol. The van der Waals surface area contributed by atoms with Gasteiger partial charge < -0.3 is 9.47 Å². The lowest BCUT2D eigenvalue weighted by Crippen LogP contribution is -2.51. The molecule has 0 aromatic heterocycles. The van der Waals surface area contributed by atoms with Crippen LogP contribution in [0.5, 0.6) is 11.5 Å². The molecule has 9 heteroatoms. The van der Waals surface area contributed by atoms with Crippen LogP contribution in [0.25, 0.3) is 0 Å². The molecule has 2 heterocycles. The van der Waals surface area contributed by atoms with Crippen LogP contribution in [0, 0.1) is 11.8 Å². The van der Waals surface area contributed by atoms with Crippen LogP contribution in [-0.2, 0) is 19.7 Å². The van der Waals surface area contributed by atoms with Gasteiger partial charge in [0.25, 0.3) is 0 Å². The van der Waals surface area contributed by atoms with Crippen LogP contribution >= 0.6 is 0 Å². The average molecular weight is 432 g/mol. The van der Waals surface area contributed by atoms with Crippen molar-refractivity contribution >= 4 is 19.7 Å². The molecule has 0 aliphatic carbocycles. The maximum Gasteiger partial charge on any atom is 0.183 e. The zero-order valence-electron chi connectivity index (χ0n) is 16.8. The van der Waals surface area contributed by atoms with E-state index in [1.807, 2.05) is 0 Å². The molecule has 2 fully saturated rings. The minimum atomic E-state index is -3.86. The van der Waals surface area contributed by atoms with Crippen molar-refractivity contribution in [2.45, 2.75) is 36.5 Å². The summed E-state index contributed by atoms with van der Waals surface area (Å²) in [5.74, 6) is 1.11. The molecule has 158 valence electrons. The first-order valence-corrected chi connectivity index (χ1v) is 12.8. The second-order valence-electron chi connectivity index (χ2n) is 8.14. The summed E-state index contributed by atoms with van der Waals surface area (Å²) in [4.78, 5) is 2.14. The summed E-state index contributed by atoms with van der Waals surface area (Å²) < 4.78 is 62.1. The van der Waals surface area contributed by atoms with Crippen LogP contribution in [0.2, 0.25) is 0 Å². The summed E-state index contributed by atoms with van der Waals surface area (Å²) in [6, 6.07) is 3.89. The number of piperidine rings is 1. The number of sulfone groups is 2. The van der Waals surface area contributed by atoms with E-state index >= 15 is 0 Å². The van der Waals surface area contributed by atoms with Crippen molar-refractivity contribution in [3.05, 3.63) is 18.2 Å². The minimum absolute atomic E-state index is 0.0651. The highest BCUT2D eigenvalue weighted by Crippen LogP contribution is 2.35. The number of rotatable bonds is 5. The van der Waals surface area contributed by atoms with Gasteiger partial charge in [-0.25, -0.2) is 16.8 Å². The van der Waals surface area contributed by atoms with Gasteiger partial charge in [-0.05, 0) is 30.4 Å². The lowest BCUT2D eigenvalue weighted by atomic mass is 9.91. The molecule has 0 radical (unpaired) electrons. The molecule has 2 aliphatic rings. The zero-order chi connectivity index (χ0) is 20.7. The van der Waals surface area contributed by atoms with Crippen molar-refractivity contribution in [2.75, 3.05) is 38.8 Å². The first-order chi connectivity index (χ1) is 13.1. The Labute approximate surface area is 167 Å². The summed E-state index contributed by atoms with van der Waals surface area (Å²) >= 11 is 0. The Bertz CT molecular complexity index is 918. The van der Waals surface area contributed by atoms with Crippen LogP contribution in [0.1, 0.15) is 20.3 Å². The number of benzene rings is 1. The Morgan fingerprint density at radius 3 is 2.18 bits per heavy atom. The van der Waals surface area contributed by atoms with Gasteiger partial charge in [0.1, 0.15) is 0 Å². The Kier molecular flexibility index (Phi) is 5.99. The predicted octanol–water partition coefficient (Wildman–Crippen LogP) is 1.62. The van der Waals surface area contributed by atoms with E-state index in [1.54, 1.807) is 0 Å². The fourth-order valence-corrected chi connectivity index (χ4v) is 9.43. The summed E-state index contributed by atoms with van der Waals surface area (Å²) in [5.41, 5.74) is 0. The first-order valence-electron chi connectivity index (χ1n) is 9.47. The molecule has 1 aromatic carbocycles. The van der Waals surface area contributed by atoms with Gasteiger partial charge in [-0.1, -0.05) is 13.8 Å². The highest BCUT2D eigenvalue weighted by atomic mass is 32.2. The zero-order valence-corrected chi connectivity index (χ0v) is 18.4. The van der Waals surface area contributed by atoms with E-state index in [0.29, 0.717) is 23.3 Å². The first kappa shape index (κ1) is 21.4. The van der Waals surface area contributed by atoms with Gasteiger partial charge in [0.15, 0.2) is 31.2 Å². The molecule has 0 saturated carbocycles. The van der Waals surface area contributed by atoms with E-state index in [0.717, 1.165) is 19.5 Å². The third-order valence-electron chi connectivity index (χ3n) is 5.72. The number of hydrogen-bond donors (Lipinski definition) is 0. The fraction of sp³-hybridized carbons (Fsp3) is 0.684. The second-order valence-corrected chi connectivity index (χ2v) is 12.5. The number of methoxy groups -OCH3 is 2. The van der Waals surface area contributed by atoms with E-state index in [9.17, 15) is 16.8 Å². The number of ether oxygens (including phenoxy) is 2. The molecule has 0 amide bonds. The van der Waals surface area contributed by atoms with E-state index in [2.05, 4.69) is 18.7 Å². The molecule has 2 aliphatic heterocycles. The quantitative estimate of drug-likeness (QED) is 0.700. The molecule has 3 rings (SSSR count). The fourth-order valence-electron chi connectivity index (χ4n) is 4.58. The summed E-state index contributed by atoms with van der Waals surface area (Å²) in [6.45, 7) is 5.71. The van der Waals surface area contributed by atoms with Crippen molar-refractivity contribution in [1.29, 1.82) is 0 Å². The van der Waals surface area contributed by atoms with Crippen LogP contribution in [0.3, 0.4) is 0 Å². The van der Waals surface area contributed by atoms with Gasteiger partial charge in [-0.3, -0.25) is 4.90 Å². The summed E-state index contributed by atoms with van der Waals surface area (Å²) in [7, 11) is -4.37. The predicted molar refractivity (Wildman–Crippen MR) is 107 cm³/mol. The van der Waals surface area contributed by atoms with E-state index in [-0.39, 0.29) is 16.4 Å². The summed E-state index contributed by atoms with van der Waals surface area (Å²) in [6.07, 6.45) is 1.07. The molecular formula is C19H29NO6S2. The Morgan fingerprint density at radius 2 is 1.61 bits per heavy atom. The van der Waals surface area contributed by atoms with Crippen molar-refractivity contribution in [3.8, 4) is 11.5 Å². The molecule has 0 bridgehead atoms. The molecule has 4 atom stereocenters. The minimum Gasteiger partial charge on any atom is -0.493 e. The van der Waals surface area contributed by atoms with Crippen molar-refractivity contribution in [2.24, 2.45) is 11.8 Å². The lowest BCUT2D eigenvalue weighted by Gasteiger charge is -2.40. The van der Waals surface area contributed by atoms with Gasteiger partial charge in [0.2, 0.25) is 0 Å². The lowest BCUT2D eigenvalue weighted by molar-refractivity contribution is 0.107. The largest absolute Gasteiger partial charge is 0.493 e. The topological polar surface area (TPSA) is 90.0 Å². The normalized spacial score (nSPS) is 30.9. The number of nitrogens with zero attached hydrogens (tertiary/aromatic N) is 1. The van der Waals surface area contributed by atoms with E-state index in [4.69, 9.17) is 9.47 Å². The van der Waals surface area contributed by atoms with Gasteiger partial charge in [0.05, 0.1) is 35.9 Å². The van der Waals surface area contributed by atoms with E-state index in [1.165, 1.54) is 32.4 Å². The molecule has 2 saturated heterocycles. The standard InChI is InChI=1S/C19H29NO6S2/c1-13-7-14(2)10-20(9-13)16-11-27(21,22)12-19(16)28(23,24)15-5-6-17(25-3)18(8-15)26-4/h5-6,8,13-14,16,19H,7,9-12H2,1-4H3/t13-,14+,16-,19-/m0/s1. The van der Waals surface area contributed by atoms with Crippen molar-refractivity contribution in [1.82, 2.24) is 4.90 Å². The van der Waals surface area contributed by atoms with Crippen LogP contribution in [0.15, 0.2) is 23.1 Å². The maximum absolute atomic E-state index is 13.4. The number of likely N-dealkylation sites (tertiary alicyclic amines) is 1. The smallest absolute Gasteiger partial charge is 0.183 e. The maximum atomic E-state index is 13.4. The third-order valence-corrected chi connectivity index (χ3v) is 9.84. The van der Waals surface area contributed by atoms with Gasteiger partial charge >= 0.3 is 0 Å². The van der Waals surface area contributed by atoms with Crippen LogP contribution in [0.4, 0.5) is 0 Å². The van der Waals surface area contributed by atoms with Gasteiger partial charge in [-0.15, -0.1) is 0 Å². The number of hydrogen-bond acceptors (Lipinski definition) is 7. The molecule has 1 aromatic rings. The SMILES string of the molecule is COc1ccc(S(=O)(=O)[C@H]2CS(=O)(=O)C[C@@H]2N2C[C@H](C)C[C@H](C)C2)cc1OC. The molecule has 7 nitrogen and oxygen atoms in total. The Morgan fingerprint density at radius 1 is 1.00 bits per heavy atom. The molecular weight excluding hydrogens is 402 g/mol. The molecule has 28 heavy (non-hydrogen) atoms. The Hall–Kier alpha value is -1.32. The van der Waals surface area contributed by atoms with Crippen molar-refractivity contribution in [3.63, 3.8) is 0 Å². The van der Waals surface area contributed by atoms with Gasteiger partial charge in [0, 0.05) is 25.2 Å². The third kappa shape index (κ3) is 4.16. The molecule has 0 spiro atoms. The Balaban J connectivity index is 1.98. The van der Waals surface area contributed by atoms with Gasteiger partial charge in [-0.2, -0.15) is 0 Å². The molecule has 0 unspecified atom stereocenters. The highest BCUT2D eigenvalue weighted by Gasteiger charge is 2.49. The average Bonchev–Trinajstić information content (AvgIpc) is 2.96. The highest BCUT2D eigenvalue weighted by molar-refractivity contribution is 7.96. The van der Waals surface area contributed by atoms with Crippen LogP contribution in [-0.4, -0.2) is 71.8 Å². The molecule has 0 N–H and O–H groups in total. The summed E-state index contributed by atoms with van der Waals surface area (Å²) in [5, 5.41) is -0.979. The second kappa shape index (κ2) is 7.84. The van der Waals surface area contributed by atoms with E-state index < -0.39 is 31.0 Å².